The second-order valence-corrected chi connectivity index (χ2v) is 5.78. The Labute approximate surface area is 108 Å². The Bertz CT molecular complexity index is 559. The molecule has 0 fully saturated rings. The second kappa shape index (κ2) is 4.16. The highest BCUT2D eigenvalue weighted by Gasteiger charge is 2.25. The monoisotopic (exact) mass is 244 g/mol. The largest absolute Gasteiger partial charge is 0.504 e. The van der Waals surface area contributed by atoms with Crippen LogP contribution in [0.4, 0.5) is 0 Å². The van der Waals surface area contributed by atoms with Crippen LogP contribution in [0, 0.1) is 13.8 Å². The third-order valence-corrected chi connectivity index (χ3v) is 3.07. The molecule has 1 N–H and O–H groups in total. The zero-order valence-corrected chi connectivity index (χ0v) is 11.7. The van der Waals surface area contributed by atoms with Gasteiger partial charge in [-0.25, -0.2) is 4.68 Å². The van der Waals surface area contributed by atoms with Gasteiger partial charge in [-0.1, -0.05) is 38.5 Å². The molecule has 0 aliphatic carbocycles. The van der Waals surface area contributed by atoms with E-state index >= 15 is 0 Å². The summed E-state index contributed by atoms with van der Waals surface area (Å²) in [7, 11) is 0. The van der Waals surface area contributed by atoms with Gasteiger partial charge < -0.3 is 5.11 Å². The van der Waals surface area contributed by atoms with E-state index in [2.05, 4.69) is 12.0 Å². The Morgan fingerprint density at radius 3 is 2.06 bits per heavy atom. The van der Waals surface area contributed by atoms with Gasteiger partial charge in [-0.3, -0.25) is 0 Å². The lowest BCUT2D eigenvalue weighted by Crippen LogP contribution is -2.12. The van der Waals surface area contributed by atoms with E-state index in [0.717, 1.165) is 17.1 Å². The Morgan fingerprint density at radius 1 is 1.06 bits per heavy atom. The summed E-state index contributed by atoms with van der Waals surface area (Å²) in [5, 5.41) is 14.7. The van der Waals surface area contributed by atoms with Gasteiger partial charge in [0.1, 0.15) is 5.69 Å². The van der Waals surface area contributed by atoms with Crippen molar-refractivity contribution in [3.63, 3.8) is 0 Å². The van der Waals surface area contributed by atoms with E-state index in [4.69, 9.17) is 0 Å². The van der Waals surface area contributed by atoms with Gasteiger partial charge in [0, 0.05) is 5.41 Å². The number of hydrogen-bond donors (Lipinski definition) is 1. The minimum atomic E-state index is -0.162. The molecule has 0 radical (unpaired) electrons. The van der Waals surface area contributed by atoms with Crippen molar-refractivity contribution in [2.24, 2.45) is 0 Å². The van der Waals surface area contributed by atoms with Gasteiger partial charge in [0.15, 0.2) is 5.75 Å². The van der Waals surface area contributed by atoms with E-state index in [9.17, 15) is 5.11 Å². The van der Waals surface area contributed by atoms with Crippen LogP contribution in [0.5, 0.6) is 5.75 Å². The van der Waals surface area contributed by atoms with E-state index in [-0.39, 0.29) is 5.41 Å². The fourth-order valence-corrected chi connectivity index (χ4v) is 1.94. The van der Waals surface area contributed by atoms with Crippen molar-refractivity contribution in [1.29, 1.82) is 0 Å². The van der Waals surface area contributed by atoms with Gasteiger partial charge in [-0.15, -0.1) is 0 Å². The fourth-order valence-electron chi connectivity index (χ4n) is 1.94. The smallest absolute Gasteiger partial charge is 0.160 e. The van der Waals surface area contributed by atoms with E-state index in [1.807, 2.05) is 52.0 Å². The number of aryl methyl sites for hydroxylation is 1. The molecule has 0 saturated heterocycles. The first-order chi connectivity index (χ1) is 8.30. The maximum Gasteiger partial charge on any atom is 0.160 e. The van der Waals surface area contributed by atoms with Crippen LogP contribution in [0.15, 0.2) is 24.3 Å². The highest BCUT2D eigenvalue weighted by molar-refractivity contribution is 5.43. The van der Waals surface area contributed by atoms with Crippen LogP contribution in [0.3, 0.4) is 0 Å². The van der Waals surface area contributed by atoms with Crippen LogP contribution in [-0.4, -0.2) is 14.9 Å². The van der Waals surface area contributed by atoms with Crippen molar-refractivity contribution in [3.05, 3.63) is 41.2 Å². The van der Waals surface area contributed by atoms with Crippen LogP contribution in [0.1, 0.15) is 37.7 Å². The van der Waals surface area contributed by atoms with Gasteiger partial charge in [0.2, 0.25) is 0 Å². The lowest BCUT2D eigenvalue weighted by atomic mass is 9.91. The van der Waals surface area contributed by atoms with Crippen molar-refractivity contribution in [2.75, 3.05) is 0 Å². The van der Waals surface area contributed by atoms with Crippen molar-refractivity contribution in [1.82, 2.24) is 9.78 Å². The number of aromatic nitrogens is 2. The molecule has 0 spiro atoms. The number of hydrogen-bond acceptors (Lipinski definition) is 2. The second-order valence-electron chi connectivity index (χ2n) is 5.78. The van der Waals surface area contributed by atoms with E-state index in [0.29, 0.717) is 5.75 Å². The fraction of sp³-hybridized carbons (Fsp3) is 0.400. The van der Waals surface area contributed by atoms with Crippen LogP contribution in [-0.2, 0) is 5.41 Å². The predicted molar refractivity (Wildman–Crippen MR) is 73.4 cm³/mol. The lowest BCUT2D eigenvalue weighted by molar-refractivity contribution is 0.441. The molecule has 2 aromatic rings. The number of aromatic hydroxyl groups is 1. The van der Waals surface area contributed by atoms with Gasteiger partial charge >= 0.3 is 0 Å². The molecule has 3 nitrogen and oxygen atoms in total. The van der Waals surface area contributed by atoms with Crippen LogP contribution in [0.2, 0.25) is 0 Å². The molecule has 1 aromatic heterocycles. The summed E-state index contributed by atoms with van der Waals surface area (Å²) in [4.78, 5) is 0. The highest BCUT2D eigenvalue weighted by atomic mass is 16.3. The zero-order chi connectivity index (χ0) is 13.5. The average Bonchev–Trinajstić information content (AvgIpc) is 2.57. The lowest BCUT2D eigenvalue weighted by Gasteiger charge is -2.14. The minimum Gasteiger partial charge on any atom is -0.504 e. The number of rotatable bonds is 1. The van der Waals surface area contributed by atoms with Crippen molar-refractivity contribution < 1.29 is 5.11 Å². The van der Waals surface area contributed by atoms with E-state index in [1.54, 1.807) is 4.68 Å². The maximum atomic E-state index is 10.2. The van der Waals surface area contributed by atoms with Gasteiger partial charge in [-0.05, 0) is 26.0 Å². The summed E-state index contributed by atoms with van der Waals surface area (Å²) in [6.07, 6.45) is 0. The molecule has 96 valence electrons. The van der Waals surface area contributed by atoms with Gasteiger partial charge in [0.25, 0.3) is 0 Å². The van der Waals surface area contributed by atoms with Crippen molar-refractivity contribution in [2.45, 2.75) is 40.0 Å². The first-order valence-corrected chi connectivity index (χ1v) is 6.17. The Balaban J connectivity index is 2.56. The molecule has 0 amide bonds. The molecular formula is C15H20N2O. The van der Waals surface area contributed by atoms with Crippen LogP contribution >= 0.6 is 0 Å². The quantitative estimate of drug-likeness (QED) is 0.833. The zero-order valence-electron chi connectivity index (χ0n) is 11.7. The van der Waals surface area contributed by atoms with Gasteiger partial charge in [0.05, 0.1) is 11.4 Å². The molecule has 1 aromatic carbocycles. The Morgan fingerprint density at radius 2 is 1.61 bits per heavy atom. The number of benzene rings is 1. The predicted octanol–water partition coefficient (Wildman–Crippen LogP) is 3.49. The van der Waals surface area contributed by atoms with Crippen molar-refractivity contribution >= 4 is 0 Å². The average molecular weight is 244 g/mol. The van der Waals surface area contributed by atoms with E-state index < -0.39 is 0 Å². The summed E-state index contributed by atoms with van der Waals surface area (Å²) in [5.74, 6) is 0.295. The molecule has 0 unspecified atom stereocenters. The molecule has 0 saturated carbocycles. The van der Waals surface area contributed by atoms with E-state index in [1.165, 1.54) is 5.56 Å². The molecule has 0 aliphatic heterocycles. The van der Waals surface area contributed by atoms with Gasteiger partial charge in [-0.2, -0.15) is 5.10 Å². The first kappa shape index (κ1) is 12.7. The molecule has 0 bridgehead atoms. The first-order valence-electron chi connectivity index (χ1n) is 6.17. The summed E-state index contributed by atoms with van der Waals surface area (Å²) < 4.78 is 1.80. The highest BCUT2D eigenvalue weighted by Crippen LogP contribution is 2.33. The topological polar surface area (TPSA) is 38.0 Å². The third-order valence-electron chi connectivity index (χ3n) is 3.07. The molecule has 0 atom stereocenters. The number of nitrogens with zero attached hydrogens (tertiary/aromatic N) is 2. The molecule has 1 heterocycles. The molecule has 3 heteroatoms. The maximum absolute atomic E-state index is 10.2. The summed E-state index contributed by atoms with van der Waals surface area (Å²) in [6, 6.07) is 8.12. The van der Waals surface area contributed by atoms with Crippen LogP contribution < -0.4 is 0 Å². The molecular weight excluding hydrogens is 224 g/mol. The minimum absolute atomic E-state index is 0.162. The Kier molecular flexibility index (Phi) is 2.93. The molecule has 0 aliphatic rings. The van der Waals surface area contributed by atoms with Crippen molar-refractivity contribution in [3.8, 4) is 11.4 Å². The summed E-state index contributed by atoms with van der Waals surface area (Å²) >= 11 is 0. The Hall–Kier alpha value is -1.77. The summed E-state index contributed by atoms with van der Waals surface area (Å²) in [5.41, 5.74) is 3.54. The standard InChI is InChI=1S/C15H20N2O/c1-10-6-8-12(9-7-10)17-11(2)13(18)14(16-17)15(3,4)5/h6-9,18H,1-5H3. The SMILES string of the molecule is Cc1ccc(-n2nc(C(C)(C)C)c(O)c2C)cc1. The third kappa shape index (κ3) is 2.13. The molecule has 2 rings (SSSR count). The van der Waals surface area contributed by atoms with Crippen LogP contribution in [0.25, 0.3) is 5.69 Å². The molecule has 18 heavy (non-hydrogen) atoms. The summed E-state index contributed by atoms with van der Waals surface area (Å²) in [6.45, 7) is 10.1. The normalized spacial score (nSPS) is 11.8.